The van der Waals surface area contributed by atoms with Crippen LogP contribution in [0.1, 0.15) is 23.4 Å². The Morgan fingerprint density at radius 3 is 2.58 bits per heavy atom. The monoisotopic (exact) mass is 468 g/mol. The average molecular weight is 469 g/mol. The first-order valence-corrected chi connectivity index (χ1v) is 11.3. The third kappa shape index (κ3) is 5.96. The fourth-order valence-electron chi connectivity index (χ4n) is 3.80. The maximum Gasteiger partial charge on any atom is 0.223 e. The third-order valence-electron chi connectivity index (χ3n) is 5.56. The molecule has 0 spiro atoms. The van der Waals surface area contributed by atoms with Crippen LogP contribution in [0.3, 0.4) is 0 Å². The number of nitrogens with zero attached hydrogens (tertiary/aromatic N) is 5. The van der Waals surface area contributed by atoms with Gasteiger partial charge in [-0.3, -0.25) is 4.79 Å². The van der Waals surface area contributed by atoms with Crippen LogP contribution in [0.5, 0.6) is 0 Å². The second-order valence-electron chi connectivity index (χ2n) is 8.12. The average Bonchev–Trinajstić information content (AvgIpc) is 2.79. The Morgan fingerprint density at radius 2 is 1.85 bits per heavy atom. The van der Waals surface area contributed by atoms with E-state index in [1.54, 1.807) is 18.3 Å². The van der Waals surface area contributed by atoms with Crippen molar-refractivity contribution in [3.05, 3.63) is 70.4 Å². The van der Waals surface area contributed by atoms with Gasteiger partial charge < -0.3 is 15.1 Å². The first-order chi connectivity index (χ1) is 15.9. The molecule has 1 saturated heterocycles. The molecule has 4 rings (SSSR count). The van der Waals surface area contributed by atoms with Crippen molar-refractivity contribution in [3.63, 3.8) is 0 Å². The van der Waals surface area contributed by atoms with Gasteiger partial charge in [0.15, 0.2) is 0 Å². The molecule has 0 saturated carbocycles. The maximum atomic E-state index is 13.3. The number of aromatic nitrogens is 3. The summed E-state index contributed by atoms with van der Waals surface area (Å²) in [4.78, 5) is 30.1. The Balaban J connectivity index is 1.33. The van der Waals surface area contributed by atoms with Gasteiger partial charge in [-0.1, -0.05) is 17.7 Å². The molecule has 0 radical (unpaired) electrons. The summed E-state index contributed by atoms with van der Waals surface area (Å²) in [6, 6.07) is 10.4. The van der Waals surface area contributed by atoms with Crippen LogP contribution in [0.2, 0.25) is 5.02 Å². The van der Waals surface area contributed by atoms with Crippen LogP contribution in [0.25, 0.3) is 0 Å². The molecular formula is C24H26ClFN6O. The molecule has 1 aliphatic heterocycles. The normalized spacial score (nSPS) is 13.8. The van der Waals surface area contributed by atoms with Gasteiger partial charge in [0.2, 0.25) is 5.91 Å². The van der Waals surface area contributed by atoms with E-state index < -0.39 is 5.82 Å². The van der Waals surface area contributed by atoms with Crippen molar-refractivity contribution in [2.24, 2.45) is 0 Å². The number of anilines is 3. The molecule has 0 unspecified atom stereocenters. The number of carbonyl (C=O) groups is 1. The lowest BCUT2D eigenvalue weighted by molar-refractivity contribution is -0.131. The quantitative estimate of drug-likeness (QED) is 0.581. The van der Waals surface area contributed by atoms with Crippen LogP contribution in [0, 0.1) is 19.7 Å². The molecule has 1 fully saturated rings. The molecule has 1 N–H and O–H groups in total. The number of hydrogen-bond acceptors (Lipinski definition) is 6. The van der Waals surface area contributed by atoms with Crippen molar-refractivity contribution in [2.45, 2.75) is 26.7 Å². The van der Waals surface area contributed by atoms with Gasteiger partial charge >= 0.3 is 0 Å². The summed E-state index contributed by atoms with van der Waals surface area (Å²) in [5.41, 5.74) is 1.97. The topological polar surface area (TPSA) is 74.2 Å². The number of benzene rings is 1. The van der Waals surface area contributed by atoms with E-state index in [4.69, 9.17) is 11.6 Å². The first-order valence-electron chi connectivity index (χ1n) is 10.9. The highest BCUT2D eigenvalue weighted by Crippen LogP contribution is 2.21. The number of hydrogen-bond donors (Lipinski definition) is 1. The lowest BCUT2D eigenvalue weighted by Crippen LogP contribution is -2.49. The Labute approximate surface area is 197 Å². The van der Waals surface area contributed by atoms with Gasteiger partial charge in [0.1, 0.15) is 29.1 Å². The number of amides is 1. The fraction of sp³-hybridized carbons (Fsp3) is 0.333. The van der Waals surface area contributed by atoms with Gasteiger partial charge in [-0.25, -0.2) is 19.3 Å². The van der Waals surface area contributed by atoms with E-state index in [1.165, 1.54) is 6.07 Å². The molecule has 1 amide bonds. The standard InChI is InChI=1S/C24H26ClFN6O/c1-16-7-8-27-21(13-16)30-22-15-23(29-17(2)28-22)31-9-11-32(12-10-31)24(33)6-4-18-3-5-20(26)19(25)14-18/h3,5,7-8,13-15H,4,6,9-12H2,1-2H3,(H,27,28,29,30). The van der Waals surface area contributed by atoms with E-state index in [0.717, 1.165) is 22.8 Å². The van der Waals surface area contributed by atoms with Crippen molar-refractivity contribution in [1.82, 2.24) is 19.9 Å². The van der Waals surface area contributed by atoms with Crippen molar-refractivity contribution in [3.8, 4) is 0 Å². The van der Waals surface area contributed by atoms with Gasteiger partial charge in [0, 0.05) is 44.9 Å². The highest BCUT2D eigenvalue weighted by molar-refractivity contribution is 6.30. The molecule has 0 aliphatic carbocycles. The van der Waals surface area contributed by atoms with Gasteiger partial charge in [0.05, 0.1) is 5.02 Å². The number of aryl methyl sites for hydroxylation is 3. The molecule has 1 aliphatic rings. The maximum absolute atomic E-state index is 13.3. The zero-order valence-electron chi connectivity index (χ0n) is 18.7. The number of halogens is 2. The zero-order valence-corrected chi connectivity index (χ0v) is 19.4. The van der Waals surface area contributed by atoms with Crippen molar-refractivity contribution >= 4 is 35.0 Å². The number of carbonyl (C=O) groups excluding carboxylic acids is 1. The predicted octanol–water partition coefficient (Wildman–Crippen LogP) is 4.31. The minimum absolute atomic E-state index is 0.0840. The molecule has 0 bridgehead atoms. The van der Waals surface area contributed by atoms with E-state index in [1.807, 2.05) is 36.9 Å². The van der Waals surface area contributed by atoms with E-state index in [2.05, 4.69) is 25.2 Å². The van der Waals surface area contributed by atoms with Crippen molar-refractivity contribution in [1.29, 1.82) is 0 Å². The second kappa shape index (κ2) is 10.1. The third-order valence-corrected chi connectivity index (χ3v) is 5.85. The Morgan fingerprint density at radius 1 is 1.06 bits per heavy atom. The zero-order chi connectivity index (χ0) is 23.4. The molecule has 7 nitrogen and oxygen atoms in total. The van der Waals surface area contributed by atoms with Crippen LogP contribution in [0.4, 0.5) is 21.8 Å². The number of piperazine rings is 1. The van der Waals surface area contributed by atoms with Crippen LogP contribution >= 0.6 is 11.6 Å². The number of nitrogens with one attached hydrogen (secondary N) is 1. The van der Waals surface area contributed by atoms with Crippen molar-refractivity contribution < 1.29 is 9.18 Å². The van der Waals surface area contributed by atoms with Gasteiger partial charge in [-0.05, 0) is 55.7 Å². The van der Waals surface area contributed by atoms with Gasteiger partial charge in [0.25, 0.3) is 0 Å². The Bertz CT molecular complexity index is 1150. The minimum atomic E-state index is -0.448. The smallest absolute Gasteiger partial charge is 0.223 e. The molecular weight excluding hydrogens is 443 g/mol. The van der Waals surface area contributed by atoms with Crippen molar-refractivity contribution in [2.75, 3.05) is 36.4 Å². The lowest BCUT2D eigenvalue weighted by Gasteiger charge is -2.35. The summed E-state index contributed by atoms with van der Waals surface area (Å²) in [7, 11) is 0. The summed E-state index contributed by atoms with van der Waals surface area (Å²) >= 11 is 5.83. The highest BCUT2D eigenvalue weighted by atomic mass is 35.5. The van der Waals surface area contributed by atoms with Crippen LogP contribution in [-0.2, 0) is 11.2 Å². The van der Waals surface area contributed by atoms with E-state index >= 15 is 0 Å². The molecule has 3 aromatic rings. The SMILES string of the molecule is Cc1ccnc(Nc2cc(N3CCN(C(=O)CCc4ccc(F)c(Cl)c4)CC3)nc(C)n2)c1. The Kier molecular flexibility index (Phi) is 7.03. The predicted molar refractivity (Wildman–Crippen MR) is 128 cm³/mol. The summed E-state index contributed by atoms with van der Waals surface area (Å²) in [6.07, 6.45) is 2.66. The van der Waals surface area contributed by atoms with Crippen LogP contribution in [-0.4, -0.2) is 51.9 Å². The summed E-state index contributed by atoms with van der Waals surface area (Å²) in [6.45, 7) is 6.49. The highest BCUT2D eigenvalue weighted by Gasteiger charge is 2.22. The minimum Gasteiger partial charge on any atom is -0.353 e. The second-order valence-corrected chi connectivity index (χ2v) is 8.53. The first kappa shape index (κ1) is 22.9. The largest absolute Gasteiger partial charge is 0.353 e. The molecule has 0 atom stereocenters. The van der Waals surface area contributed by atoms with Crippen LogP contribution in [0.15, 0.2) is 42.6 Å². The number of rotatable bonds is 6. The summed E-state index contributed by atoms with van der Waals surface area (Å²) in [5, 5.41) is 3.33. The van der Waals surface area contributed by atoms with E-state index in [-0.39, 0.29) is 10.9 Å². The molecule has 33 heavy (non-hydrogen) atoms. The molecule has 3 heterocycles. The summed E-state index contributed by atoms with van der Waals surface area (Å²) in [5.74, 6) is 2.55. The fourth-order valence-corrected chi connectivity index (χ4v) is 4.01. The van der Waals surface area contributed by atoms with Gasteiger partial charge in [-0.15, -0.1) is 0 Å². The molecule has 9 heteroatoms. The lowest BCUT2D eigenvalue weighted by atomic mass is 10.1. The van der Waals surface area contributed by atoms with Gasteiger partial charge in [-0.2, -0.15) is 0 Å². The molecule has 2 aromatic heterocycles. The molecule has 172 valence electrons. The Hall–Kier alpha value is -3.26. The van der Waals surface area contributed by atoms with Crippen LogP contribution < -0.4 is 10.2 Å². The number of pyridine rings is 1. The van der Waals surface area contributed by atoms with E-state index in [0.29, 0.717) is 50.7 Å². The summed E-state index contributed by atoms with van der Waals surface area (Å²) < 4.78 is 13.3. The molecule has 1 aromatic carbocycles. The van der Waals surface area contributed by atoms with E-state index in [9.17, 15) is 9.18 Å².